The predicted molar refractivity (Wildman–Crippen MR) is 84.8 cm³/mol. The van der Waals surface area contributed by atoms with E-state index >= 15 is 0 Å². The zero-order valence-corrected chi connectivity index (χ0v) is 14.0. The number of allylic oxidation sites excluding steroid dienone is 1. The fourth-order valence-corrected chi connectivity index (χ4v) is 4.51. The van der Waals surface area contributed by atoms with Gasteiger partial charge in [-0.1, -0.05) is 40.7 Å². The maximum atomic E-state index is 2.66. The highest BCUT2D eigenvalue weighted by Crippen LogP contribution is 2.51. The monoisotopic (exact) mass is 266 g/mol. The SMILES string of the molecule is CCN1C=CCC(CC)(CC)C(CC)(CC)N1CC. The van der Waals surface area contributed by atoms with E-state index in [2.05, 4.69) is 63.8 Å². The summed E-state index contributed by atoms with van der Waals surface area (Å²) in [7, 11) is 0. The molecule has 0 aromatic carbocycles. The van der Waals surface area contributed by atoms with Gasteiger partial charge in [-0.15, -0.1) is 0 Å². The zero-order valence-electron chi connectivity index (χ0n) is 14.0. The number of hydrazine groups is 1. The molecule has 0 unspecified atom stereocenters. The molecular weight excluding hydrogens is 232 g/mol. The average Bonchev–Trinajstić information content (AvgIpc) is 2.60. The summed E-state index contributed by atoms with van der Waals surface area (Å²) in [5.74, 6) is 0. The van der Waals surface area contributed by atoms with Crippen LogP contribution in [0, 0.1) is 5.41 Å². The van der Waals surface area contributed by atoms with Crippen LogP contribution in [0.2, 0.25) is 0 Å². The minimum atomic E-state index is 0.296. The van der Waals surface area contributed by atoms with Gasteiger partial charge in [-0.3, -0.25) is 0 Å². The van der Waals surface area contributed by atoms with E-state index in [-0.39, 0.29) is 0 Å². The van der Waals surface area contributed by atoms with Crippen LogP contribution in [0.3, 0.4) is 0 Å². The Labute approximate surface area is 120 Å². The average molecular weight is 266 g/mol. The molecule has 1 aliphatic heterocycles. The van der Waals surface area contributed by atoms with Gasteiger partial charge in [0, 0.05) is 24.8 Å². The summed E-state index contributed by atoms with van der Waals surface area (Å²) in [6.07, 6.45) is 10.9. The van der Waals surface area contributed by atoms with Crippen molar-refractivity contribution in [2.75, 3.05) is 13.1 Å². The molecule has 0 aliphatic carbocycles. The van der Waals surface area contributed by atoms with Crippen molar-refractivity contribution < 1.29 is 0 Å². The lowest BCUT2D eigenvalue weighted by atomic mass is 9.61. The van der Waals surface area contributed by atoms with Crippen LogP contribution in [0.15, 0.2) is 12.3 Å². The molecule has 0 fully saturated rings. The summed E-state index contributed by atoms with van der Waals surface area (Å²) in [5.41, 5.74) is 0.706. The molecule has 1 heterocycles. The first kappa shape index (κ1) is 16.6. The van der Waals surface area contributed by atoms with Gasteiger partial charge in [0.1, 0.15) is 0 Å². The van der Waals surface area contributed by atoms with Crippen LogP contribution >= 0.6 is 0 Å². The van der Waals surface area contributed by atoms with Crippen molar-refractivity contribution in [3.63, 3.8) is 0 Å². The van der Waals surface area contributed by atoms with Crippen LogP contribution in [-0.4, -0.2) is 28.6 Å². The lowest BCUT2D eigenvalue weighted by Crippen LogP contribution is -2.62. The third-order valence-corrected chi connectivity index (χ3v) is 5.72. The van der Waals surface area contributed by atoms with Crippen molar-refractivity contribution in [2.45, 2.75) is 79.2 Å². The molecule has 2 nitrogen and oxygen atoms in total. The molecule has 0 amide bonds. The Balaban J connectivity index is 3.37. The van der Waals surface area contributed by atoms with E-state index in [1.807, 2.05) is 0 Å². The quantitative estimate of drug-likeness (QED) is 0.679. The van der Waals surface area contributed by atoms with E-state index in [4.69, 9.17) is 0 Å². The Bertz CT molecular complexity index is 288. The molecule has 2 heteroatoms. The standard InChI is InChI=1S/C17H34N2/c1-7-16(8-2)14-13-15-18(11-5)19(12-6)17(16,9-3)10-4/h13,15H,7-12,14H2,1-6H3. The number of rotatable bonds is 6. The summed E-state index contributed by atoms with van der Waals surface area (Å²) >= 11 is 0. The maximum Gasteiger partial charge on any atom is 0.0457 e. The van der Waals surface area contributed by atoms with Crippen molar-refractivity contribution in [2.24, 2.45) is 5.41 Å². The van der Waals surface area contributed by atoms with Gasteiger partial charge in [-0.25, -0.2) is 5.01 Å². The second-order valence-electron chi connectivity index (χ2n) is 5.79. The van der Waals surface area contributed by atoms with Crippen LogP contribution in [0.1, 0.15) is 73.6 Å². The Hall–Kier alpha value is -0.500. The molecule has 1 rings (SSSR count). The second-order valence-corrected chi connectivity index (χ2v) is 5.79. The van der Waals surface area contributed by atoms with Gasteiger partial charge >= 0.3 is 0 Å². The molecule has 0 radical (unpaired) electrons. The number of hydrogen-bond donors (Lipinski definition) is 0. The first-order valence-electron chi connectivity index (χ1n) is 8.32. The van der Waals surface area contributed by atoms with Crippen molar-refractivity contribution in [3.05, 3.63) is 12.3 Å². The van der Waals surface area contributed by atoms with Gasteiger partial charge in [0.2, 0.25) is 0 Å². The van der Waals surface area contributed by atoms with E-state index in [0.29, 0.717) is 11.0 Å². The van der Waals surface area contributed by atoms with E-state index < -0.39 is 0 Å². The fraction of sp³-hybridized carbons (Fsp3) is 0.882. The maximum absolute atomic E-state index is 2.66. The van der Waals surface area contributed by atoms with Gasteiger partial charge in [-0.05, 0) is 44.4 Å². The third kappa shape index (κ3) is 2.44. The molecule has 0 saturated heterocycles. The minimum Gasteiger partial charge on any atom is -0.313 e. The van der Waals surface area contributed by atoms with Crippen molar-refractivity contribution in [1.82, 2.24) is 10.0 Å². The highest BCUT2D eigenvalue weighted by atomic mass is 15.6. The molecule has 0 spiro atoms. The van der Waals surface area contributed by atoms with Crippen molar-refractivity contribution in [1.29, 1.82) is 0 Å². The summed E-state index contributed by atoms with van der Waals surface area (Å²) in [4.78, 5) is 0. The lowest BCUT2D eigenvalue weighted by molar-refractivity contribution is -0.139. The highest BCUT2D eigenvalue weighted by molar-refractivity contribution is 5.09. The van der Waals surface area contributed by atoms with Crippen molar-refractivity contribution in [3.8, 4) is 0 Å². The molecule has 1 aliphatic rings. The summed E-state index contributed by atoms with van der Waals surface area (Å²) < 4.78 is 0. The summed E-state index contributed by atoms with van der Waals surface area (Å²) in [6, 6.07) is 0. The topological polar surface area (TPSA) is 6.48 Å². The second kappa shape index (κ2) is 6.78. The summed E-state index contributed by atoms with van der Waals surface area (Å²) in [5, 5.41) is 5.10. The Morgan fingerprint density at radius 3 is 1.79 bits per heavy atom. The molecule has 0 saturated carbocycles. The number of hydrogen-bond acceptors (Lipinski definition) is 2. The molecular formula is C17H34N2. The number of nitrogens with zero attached hydrogens (tertiary/aromatic N) is 2. The van der Waals surface area contributed by atoms with Gasteiger partial charge in [-0.2, -0.15) is 0 Å². The largest absolute Gasteiger partial charge is 0.313 e. The van der Waals surface area contributed by atoms with Gasteiger partial charge < -0.3 is 5.01 Å². The molecule has 0 aromatic heterocycles. The van der Waals surface area contributed by atoms with Gasteiger partial charge in [0.05, 0.1) is 0 Å². The van der Waals surface area contributed by atoms with Gasteiger partial charge in [0.15, 0.2) is 0 Å². The van der Waals surface area contributed by atoms with E-state index in [1.165, 1.54) is 32.1 Å². The van der Waals surface area contributed by atoms with E-state index in [9.17, 15) is 0 Å². The zero-order chi connectivity index (χ0) is 14.5. The Morgan fingerprint density at radius 2 is 1.42 bits per heavy atom. The van der Waals surface area contributed by atoms with E-state index in [1.54, 1.807) is 0 Å². The van der Waals surface area contributed by atoms with Crippen molar-refractivity contribution >= 4 is 0 Å². The Morgan fingerprint density at radius 1 is 0.842 bits per heavy atom. The van der Waals surface area contributed by atoms with Crippen LogP contribution in [0.5, 0.6) is 0 Å². The first-order chi connectivity index (χ1) is 9.11. The fourth-order valence-electron chi connectivity index (χ4n) is 4.51. The van der Waals surface area contributed by atoms with Crippen LogP contribution in [0.4, 0.5) is 0 Å². The predicted octanol–water partition coefficient (Wildman–Crippen LogP) is 4.83. The van der Waals surface area contributed by atoms with E-state index in [0.717, 1.165) is 13.1 Å². The van der Waals surface area contributed by atoms with Crippen LogP contribution in [-0.2, 0) is 0 Å². The minimum absolute atomic E-state index is 0.296. The van der Waals surface area contributed by atoms with Crippen LogP contribution < -0.4 is 0 Å². The molecule has 19 heavy (non-hydrogen) atoms. The first-order valence-corrected chi connectivity index (χ1v) is 8.32. The van der Waals surface area contributed by atoms with Crippen LogP contribution in [0.25, 0.3) is 0 Å². The smallest absolute Gasteiger partial charge is 0.0457 e. The molecule has 0 N–H and O–H groups in total. The summed E-state index contributed by atoms with van der Waals surface area (Å²) in [6.45, 7) is 16.2. The molecule has 0 bridgehead atoms. The van der Waals surface area contributed by atoms with Gasteiger partial charge in [0.25, 0.3) is 0 Å². The molecule has 0 aromatic rings. The Kier molecular flexibility index (Phi) is 5.91. The third-order valence-electron chi connectivity index (χ3n) is 5.72. The highest BCUT2D eigenvalue weighted by Gasteiger charge is 2.51. The lowest BCUT2D eigenvalue weighted by Gasteiger charge is -2.57. The normalized spacial score (nSPS) is 22.5. The molecule has 112 valence electrons. The molecule has 0 atom stereocenters.